The SMILES string of the molecule is CCOC(=O)N[C@@H](Cc1ccccc1)C(=O)N/N=C\c1ccc(OCC)c(OCC)c1. The second-order valence-electron chi connectivity index (χ2n) is 6.41. The van der Waals surface area contributed by atoms with Gasteiger partial charge in [0.2, 0.25) is 0 Å². The molecule has 0 heterocycles. The average molecular weight is 428 g/mol. The van der Waals surface area contributed by atoms with Crippen molar-refractivity contribution in [2.24, 2.45) is 5.10 Å². The molecular weight excluding hydrogens is 398 g/mol. The van der Waals surface area contributed by atoms with Crippen LogP contribution in [0.3, 0.4) is 0 Å². The standard InChI is InChI=1S/C23H29N3O5/c1-4-29-20-13-12-18(15-21(20)30-5-2)16-24-26-22(27)19(25-23(28)31-6-3)14-17-10-8-7-9-11-17/h7-13,15-16,19H,4-6,14H2,1-3H3,(H,25,28)(H,26,27)/b24-16-/t19-/m0/s1. The monoisotopic (exact) mass is 427 g/mol. The predicted molar refractivity (Wildman–Crippen MR) is 119 cm³/mol. The van der Waals surface area contributed by atoms with Gasteiger partial charge in [-0.15, -0.1) is 0 Å². The fourth-order valence-electron chi connectivity index (χ4n) is 2.77. The fraction of sp³-hybridized carbons (Fsp3) is 0.348. The van der Waals surface area contributed by atoms with Crippen LogP contribution >= 0.6 is 0 Å². The van der Waals surface area contributed by atoms with Crippen LogP contribution in [0, 0.1) is 0 Å². The van der Waals surface area contributed by atoms with E-state index in [0.29, 0.717) is 31.1 Å². The molecule has 1 atom stereocenters. The van der Waals surface area contributed by atoms with E-state index >= 15 is 0 Å². The van der Waals surface area contributed by atoms with Crippen LogP contribution in [0.5, 0.6) is 11.5 Å². The highest BCUT2D eigenvalue weighted by atomic mass is 16.5. The molecule has 166 valence electrons. The number of alkyl carbamates (subject to hydrolysis) is 1. The van der Waals surface area contributed by atoms with Gasteiger partial charge < -0.3 is 19.5 Å². The van der Waals surface area contributed by atoms with Gasteiger partial charge in [0.15, 0.2) is 11.5 Å². The Kier molecular flexibility index (Phi) is 9.87. The molecule has 0 aromatic heterocycles. The fourth-order valence-corrected chi connectivity index (χ4v) is 2.77. The van der Waals surface area contributed by atoms with Crippen LogP contribution in [0.1, 0.15) is 31.9 Å². The first kappa shape index (κ1) is 23.7. The van der Waals surface area contributed by atoms with E-state index in [1.165, 1.54) is 6.21 Å². The van der Waals surface area contributed by atoms with Gasteiger partial charge in [0.05, 0.1) is 26.0 Å². The van der Waals surface area contributed by atoms with Gasteiger partial charge in [0.1, 0.15) is 6.04 Å². The smallest absolute Gasteiger partial charge is 0.407 e. The zero-order valence-corrected chi connectivity index (χ0v) is 18.1. The summed E-state index contributed by atoms with van der Waals surface area (Å²) in [5, 5.41) is 6.60. The van der Waals surface area contributed by atoms with Crippen molar-refractivity contribution in [3.63, 3.8) is 0 Å². The molecule has 2 N–H and O–H groups in total. The molecule has 2 aromatic rings. The molecule has 0 radical (unpaired) electrons. The van der Waals surface area contributed by atoms with Crippen molar-refractivity contribution in [3.05, 3.63) is 59.7 Å². The predicted octanol–water partition coefficient (Wildman–Crippen LogP) is 3.29. The van der Waals surface area contributed by atoms with Crippen LogP contribution in [0.15, 0.2) is 53.6 Å². The van der Waals surface area contributed by atoms with E-state index < -0.39 is 18.0 Å². The molecule has 0 unspecified atom stereocenters. The third kappa shape index (κ3) is 8.00. The molecule has 8 heteroatoms. The molecule has 0 saturated heterocycles. The van der Waals surface area contributed by atoms with Gasteiger partial charge in [-0.25, -0.2) is 10.2 Å². The molecule has 0 aliphatic carbocycles. The van der Waals surface area contributed by atoms with Crippen LogP contribution in [-0.2, 0) is 16.0 Å². The van der Waals surface area contributed by atoms with Crippen molar-refractivity contribution in [2.45, 2.75) is 33.2 Å². The molecule has 0 aliphatic rings. The molecule has 0 aliphatic heterocycles. The van der Waals surface area contributed by atoms with Crippen molar-refractivity contribution in [1.29, 1.82) is 0 Å². The number of benzene rings is 2. The van der Waals surface area contributed by atoms with Crippen molar-refractivity contribution in [3.8, 4) is 11.5 Å². The minimum Gasteiger partial charge on any atom is -0.490 e. The molecule has 2 rings (SSSR count). The van der Waals surface area contributed by atoms with Crippen molar-refractivity contribution >= 4 is 18.2 Å². The van der Waals surface area contributed by atoms with Crippen molar-refractivity contribution in [1.82, 2.24) is 10.7 Å². The summed E-state index contributed by atoms with van der Waals surface area (Å²) in [6.07, 6.45) is 1.15. The lowest BCUT2D eigenvalue weighted by molar-refractivity contribution is -0.123. The maximum Gasteiger partial charge on any atom is 0.407 e. The number of ether oxygens (including phenoxy) is 3. The first-order valence-electron chi connectivity index (χ1n) is 10.3. The van der Waals surface area contributed by atoms with Gasteiger partial charge in [0, 0.05) is 6.42 Å². The number of carbonyl (C=O) groups is 2. The molecule has 8 nitrogen and oxygen atoms in total. The summed E-state index contributed by atoms with van der Waals surface area (Å²) in [5.74, 6) is 0.793. The number of carbonyl (C=O) groups excluding carboxylic acids is 2. The minimum absolute atomic E-state index is 0.212. The van der Waals surface area contributed by atoms with E-state index in [1.54, 1.807) is 19.1 Å². The van der Waals surface area contributed by atoms with E-state index in [2.05, 4.69) is 15.8 Å². The number of nitrogens with zero attached hydrogens (tertiary/aromatic N) is 1. The summed E-state index contributed by atoms with van der Waals surface area (Å²) >= 11 is 0. The second kappa shape index (κ2) is 12.9. The van der Waals surface area contributed by atoms with Crippen LogP contribution in [-0.4, -0.2) is 44.1 Å². The molecule has 0 saturated carbocycles. The van der Waals surface area contributed by atoms with Gasteiger partial charge >= 0.3 is 6.09 Å². The number of nitrogens with one attached hydrogen (secondary N) is 2. The van der Waals surface area contributed by atoms with Gasteiger partial charge in [-0.3, -0.25) is 4.79 Å². The molecule has 0 fully saturated rings. The first-order valence-corrected chi connectivity index (χ1v) is 10.3. The molecule has 0 spiro atoms. The van der Waals surface area contributed by atoms with Crippen molar-refractivity contribution < 1.29 is 23.8 Å². The average Bonchev–Trinajstić information content (AvgIpc) is 2.76. The van der Waals surface area contributed by atoms with Gasteiger partial charge in [0.25, 0.3) is 5.91 Å². The van der Waals surface area contributed by atoms with Gasteiger partial charge in [-0.2, -0.15) is 5.10 Å². The number of rotatable bonds is 11. The number of hydrazone groups is 1. The van der Waals surface area contributed by atoms with Crippen LogP contribution in [0.25, 0.3) is 0 Å². The number of amides is 2. The highest BCUT2D eigenvalue weighted by Gasteiger charge is 2.21. The summed E-state index contributed by atoms with van der Waals surface area (Å²) in [6.45, 7) is 6.72. The third-order valence-electron chi connectivity index (χ3n) is 4.12. The minimum atomic E-state index is -0.835. The molecular formula is C23H29N3O5. The molecule has 31 heavy (non-hydrogen) atoms. The Morgan fingerprint density at radius 3 is 2.35 bits per heavy atom. The summed E-state index contributed by atoms with van der Waals surface area (Å²) in [5.41, 5.74) is 4.10. The van der Waals surface area contributed by atoms with E-state index in [1.807, 2.05) is 50.2 Å². The van der Waals surface area contributed by atoms with E-state index in [4.69, 9.17) is 14.2 Å². The van der Waals surface area contributed by atoms with Crippen LogP contribution in [0.2, 0.25) is 0 Å². The Labute approximate surface area is 182 Å². The highest BCUT2D eigenvalue weighted by molar-refractivity contribution is 5.87. The summed E-state index contributed by atoms with van der Waals surface area (Å²) < 4.78 is 16.0. The zero-order chi connectivity index (χ0) is 22.5. The maximum atomic E-state index is 12.6. The highest BCUT2D eigenvalue weighted by Crippen LogP contribution is 2.27. The quantitative estimate of drug-likeness (QED) is 0.424. The van der Waals surface area contributed by atoms with Gasteiger partial charge in [-0.1, -0.05) is 30.3 Å². The topological polar surface area (TPSA) is 98.2 Å². The Balaban J connectivity index is 2.07. The lowest BCUT2D eigenvalue weighted by Crippen LogP contribution is -2.47. The summed E-state index contributed by atoms with van der Waals surface area (Å²) in [6, 6.07) is 13.9. The van der Waals surface area contributed by atoms with E-state index in [-0.39, 0.29) is 6.61 Å². The van der Waals surface area contributed by atoms with E-state index in [9.17, 15) is 9.59 Å². The van der Waals surface area contributed by atoms with Crippen LogP contribution in [0.4, 0.5) is 4.79 Å². The molecule has 2 aromatic carbocycles. The Morgan fingerprint density at radius 2 is 1.68 bits per heavy atom. The van der Waals surface area contributed by atoms with Crippen molar-refractivity contribution in [2.75, 3.05) is 19.8 Å². The Morgan fingerprint density at radius 1 is 0.968 bits per heavy atom. The van der Waals surface area contributed by atoms with E-state index in [0.717, 1.165) is 11.1 Å². The lowest BCUT2D eigenvalue weighted by Gasteiger charge is -2.16. The Bertz CT molecular complexity index is 871. The summed E-state index contributed by atoms with van der Waals surface area (Å²) in [4.78, 5) is 24.5. The normalized spacial score (nSPS) is 11.6. The first-order chi connectivity index (χ1) is 15.1. The van der Waals surface area contributed by atoms with Gasteiger partial charge in [-0.05, 0) is 50.1 Å². The lowest BCUT2D eigenvalue weighted by atomic mass is 10.1. The second-order valence-corrected chi connectivity index (χ2v) is 6.41. The Hall–Kier alpha value is -3.55. The number of hydrogen-bond acceptors (Lipinski definition) is 6. The third-order valence-corrected chi connectivity index (χ3v) is 4.12. The summed E-state index contributed by atoms with van der Waals surface area (Å²) in [7, 11) is 0. The largest absolute Gasteiger partial charge is 0.490 e. The molecule has 0 bridgehead atoms. The van der Waals surface area contributed by atoms with Crippen LogP contribution < -0.4 is 20.2 Å². The number of hydrogen-bond donors (Lipinski definition) is 2. The molecule has 2 amide bonds. The zero-order valence-electron chi connectivity index (χ0n) is 18.1. The maximum absolute atomic E-state index is 12.6.